The van der Waals surface area contributed by atoms with Crippen LogP contribution in [0, 0.1) is 0 Å². The Hall–Kier alpha value is -3.21. The number of carbonyl (C=O) groups excluding carboxylic acids is 1. The van der Waals surface area contributed by atoms with Gasteiger partial charge in [0.2, 0.25) is 0 Å². The summed E-state index contributed by atoms with van der Waals surface area (Å²) in [6.45, 7) is 0.404. The highest BCUT2D eigenvalue weighted by molar-refractivity contribution is 6.15. The second-order valence-electron chi connectivity index (χ2n) is 5.54. The molecule has 1 N–H and O–H groups in total. The van der Waals surface area contributed by atoms with Crippen molar-refractivity contribution in [1.29, 1.82) is 0 Å². The van der Waals surface area contributed by atoms with Gasteiger partial charge in [-0.05, 0) is 6.07 Å². The van der Waals surface area contributed by atoms with Gasteiger partial charge < -0.3 is 5.32 Å². The van der Waals surface area contributed by atoms with E-state index in [1.807, 2.05) is 53.1 Å². The fraction of sp³-hybridized carbons (Fsp3) is 0.105. The van der Waals surface area contributed by atoms with Crippen LogP contribution in [0.15, 0.2) is 65.9 Å². The lowest BCUT2D eigenvalue weighted by molar-refractivity contribution is 0.0957. The molecular weight excluding hydrogens is 300 g/mol. The zero-order valence-electron chi connectivity index (χ0n) is 13.2. The Morgan fingerprint density at radius 3 is 2.62 bits per heavy atom. The third-order valence-corrected chi connectivity index (χ3v) is 4.16. The summed E-state index contributed by atoms with van der Waals surface area (Å²) >= 11 is 0. The predicted molar refractivity (Wildman–Crippen MR) is 92.7 cm³/mol. The number of amides is 1. The Labute approximate surface area is 139 Å². The number of imidazole rings is 1. The average molecular weight is 316 g/mol. The van der Waals surface area contributed by atoms with Gasteiger partial charge in [0.15, 0.2) is 5.69 Å². The highest BCUT2D eigenvalue weighted by Gasteiger charge is 2.23. The Kier molecular flexibility index (Phi) is 3.46. The molecule has 1 amide bonds. The molecule has 118 valence electrons. The topological polar surface area (TPSA) is 59.3 Å². The first kappa shape index (κ1) is 14.4. The van der Waals surface area contributed by atoms with Crippen LogP contribution in [0.3, 0.4) is 0 Å². The Balaban J connectivity index is 1.94. The summed E-state index contributed by atoms with van der Waals surface area (Å²) in [6.07, 6.45) is 1.70. The first-order valence-corrected chi connectivity index (χ1v) is 7.77. The van der Waals surface area contributed by atoms with Gasteiger partial charge in [-0.2, -0.15) is 0 Å². The first-order valence-electron chi connectivity index (χ1n) is 7.77. The second kappa shape index (κ2) is 5.77. The van der Waals surface area contributed by atoms with Crippen LogP contribution in [0.25, 0.3) is 5.69 Å². The zero-order valence-corrected chi connectivity index (χ0v) is 13.2. The number of hydrogen-bond acceptors (Lipinski definition) is 3. The molecule has 24 heavy (non-hydrogen) atoms. The van der Waals surface area contributed by atoms with E-state index in [0.717, 1.165) is 28.2 Å². The SMILES string of the molecule is CNC(=O)c1ncn2c1CN=C(c1ccccc1)c1ccccc1-2. The van der Waals surface area contributed by atoms with Gasteiger partial charge in [-0.1, -0.05) is 48.5 Å². The van der Waals surface area contributed by atoms with Crippen LogP contribution < -0.4 is 5.32 Å². The van der Waals surface area contributed by atoms with E-state index in [-0.39, 0.29) is 5.91 Å². The summed E-state index contributed by atoms with van der Waals surface area (Å²) in [5, 5.41) is 2.64. The van der Waals surface area contributed by atoms with Crippen LogP contribution in [0.4, 0.5) is 0 Å². The van der Waals surface area contributed by atoms with E-state index >= 15 is 0 Å². The third kappa shape index (κ3) is 2.22. The number of aliphatic imine (C=N–C) groups is 1. The monoisotopic (exact) mass is 316 g/mol. The lowest BCUT2D eigenvalue weighted by Gasteiger charge is -2.11. The number of rotatable bonds is 2. The molecule has 5 heteroatoms. The lowest BCUT2D eigenvalue weighted by Crippen LogP contribution is -2.20. The molecule has 0 atom stereocenters. The molecule has 0 saturated carbocycles. The predicted octanol–water partition coefficient (Wildman–Crippen LogP) is 2.58. The van der Waals surface area contributed by atoms with Crippen molar-refractivity contribution < 1.29 is 4.79 Å². The Bertz CT molecular complexity index is 941. The molecule has 1 aliphatic heterocycles. The Morgan fingerprint density at radius 2 is 1.83 bits per heavy atom. The van der Waals surface area contributed by atoms with Crippen molar-refractivity contribution in [3.8, 4) is 5.69 Å². The Morgan fingerprint density at radius 1 is 1.08 bits per heavy atom. The van der Waals surface area contributed by atoms with E-state index in [9.17, 15) is 4.79 Å². The normalized spacial score (nSPS) is 12.6. The molecule has 0 saturated heterocycles. The molecule has 0 spiro atoms. The molecule has 0 fully saturated rings. The van der Waals surface area contributed by atoms with Crippen LogP contribution in [0.1, 0.15) is 27.3 Å². The largest absolute Gasteiger partial charge is 0.354 e. The zero-order chi connectivity index (χ0) is 16.5. The highest BCUT2D eigenvalue weighted by atomic mass is 16.1. The molecule has 1 aliphatic rings. The number of aromatic nitrogens is 2. The van der Waals surface area contributed by atoms with E-state index in [0.29, 0.717) is 12.2 Å². The number of carbonyl (C=O) groups is 1. The second-order valence-corrected chi connectivity index (χ2v) is 5.54. The summed E-state index contributed by atoms with van der Waals surface area (Å²) in [4.78, 5) is 21.2. The summed E-state index contributed by atoms with van der Waals surface area (Å²) in [5.41, 5.74) is 5.22. The summed E-state index contributed by atoms with van der Waals surface area (Å²) in [5.74, 6) is -0.195. The molecule has 0 aliphatic carbocycles. The van der Waals surface area contributed by atoms with Gasteiger partial charge in [-0.15, -0.1) is 0 Å². The van der Waals surface area contributed by atoms with Crippen LogP contribution in [-0.4, -0.2) is 28.2 Å². The third-order valence-electron chi connectivity index (χ3n) is 4.16. The minimum Gasteiger partial charge on any atom is -0.354 e. The van der Waals surface area contributed by atoms with Crippen molar-refractivity contribution in [2.75, 3.05) is 7.05 Å². The first-order chi connectivity index (χ1) is 11.8. The van der Waals surface area contributed by atoms with E-state index in [2.05, 4.69) is 16.4 Å². The molecule has 2 heterocycles. The molecule has 2 aromatic carbocycles. The fourth-order valence-corrected chi connectivity index (χ4v) is 3.01. The van der Waals surface area contributed by atoms with Gasteiger partial charge in [0.05, 0.1) is 23.6 Å². The summed E-state index contributed by atoms with van der Waals surface area (Å²) < 4.78 is 1.96. The van der Waals surface area contributed by atoms with Gasteiger partial charge >= 0.3 is 0 Å². The van der Waals surface area contributed by atoms with Crippen LogP contribution in [0.5, 0.6) is 0 Å². The van der Waals surface area contributed by atoms with Crippen LogP contribution in [0.2, 0.25) is 0 Å². The maximum Gasteiger partial charge on any atom is 0.271 e. The minimum atomic E-state index is -0.195. The van der Waals surface area contributed by atoms with Crippen molar-refractivity contribution in [1.82, 2.24) is 14.9 Å². The highest BCUT2D eigenvalue weighted by Crippen LogP contribution is 2.26. The average Bonchev–Trinajstić information content (AvgIpc) is 2.99. The van der Waals surface area contributed by atoms with Crippen LogP contribution >= 0.6 is 0 Å². The number of nitrogens with zero attached hydrogens (tertiary/aromatic N) is 3. The van der Waals surface area contributed by atoms with E-state index in [1.165, 1.54) is 0 Å². The van der Waals surface area contributed by atoms with Crippen molar-refractivity contribution >= 4 is 11.6 Å². The molecule has 0 bridgehead atoms. The molecule has 5 nitrogen and oxygen atoms in total. The van der Waals surface area contributed by atoms with E-state index in [4.69, 9.17) is 4.99 Å². The minimum absolute atomic E-state index is 0.195. The lowest BCUT2D eigenvalue weighted by atomic mass is 10.0. The molecule has 3 aromatic rings. The van der Waals surface area contributed by atoms with E-state index in [1.54, 1.807) is 13.4 Å². The molecular formula is C19H16N4O. The molecule has 0 unspecified atom stereocenters. The van der Waals surface area contributed by atoms with Crippen LogP contribution in [-0.2, 0) is 6.54 Å². The molecule has 0 radical (unpaired) electrons. The smallest absolute Gasteiger partial charge is 0.271 e. The summed E-state index contributed by atoms with van der Waals surface area (Å²) in [6, 6.07) is 18.2. The fourth-order valence-electron chi connectivity index (χ4n) is 3.01. The van der Waals surface area contributed by atoms with Crippen molar-refractivity contribution in [2.45, 2.75) is 6.54 Å². The standard InChI is InChI=1S/C19H16N4O/c1-20-19(24)18-16-11-21-17(13-7-3-2-4-8-13)14-9-5-6-10-15(14)23(16)12-22-18/h2-10,12H,11H2,1H3,(H,20,24). The van der Waals surface area contributed by atoms with Gasteiger partial charge in [0.1, 0.15) is 6.33 Å². The van der Waals surface area contributed by atoms with Crippen molar-refractivity contribution in [2.24, 2.45) is 4.99 Å². The van der Waals surface area contributed by atoms with Gasteiger partial charge in [0, 0.05) is 18.2 Å². The number of hydrogen-bond donors (Lipinski definition) is 1. The number of nitrogens with one attached hydrogen (secondary N) is 1. The molecule has 1 aromatic heterocycles. The molecule has 4 rings (SSSR count). The number of benzene rings is 2. The van der Waals surface area contributed by atoms with Crippen molar-refractivity contribution in [3.05, 3.63) is 83.4 Å². The van der Waals surface area contributed by atoms with Crippen molar-refractivity contribution in [3.63, 3.8) is 0 Å². The summed E-state index contributed by atoms with van der Waals surface area (Å²) in [7, 11) is 1.61. The van der Waals surface area contributed by atoms with Gasteiger partial charge in [0.25, 0.3) is 5.91 Å². The maximum atomic E-state index is 12.1. The number of fused-ring (bicyclic) bond motifs is 3. The number of para-hydroxylation sites is 1. The van der Waals surface area contributed by atoms with Gasteiger partial charge in [-0.25, -0.2) is 4.98 Å². The van der Waals surface area contributed by atoms with Gasteiger partial charge in [-0.3, -0.25) is 14.4 Å². The maximum absolute atomic E-state index is 12.1. The van der Waals surface area contributed by atoms with E-state index < -0.39 is 0 Å². The quantitative estimate of drug-likeness (QED) is 0.790.